The molecule has 2 aliphatic rings. The Kier molecular flexibility index (Phi) is 12.6. The molecule has 60 heavy (non-hydrogen) atoms. The molecule has 10 nitrogen and oxygen atoms in total. The number of halogens is 5. The van der Waals surface area contributed by atoms with Crippen LogP contribution in [0, 0.1) is 23.3 Å². The summed E-state index contributed by atoms with van der Waals surface area (Å²) in [4.78, 5) is 39.6. The fraction of sp³-hybridized carbons (Fsp3) is 0.0909. The molecule has 8 aromatic rings. The van der Waals surface area contributed by atoms with Crippen LogP contribution in [-0.4, -0.2) is 49.9 Å². The molecular formula is C44H32ClF4N6NaO4. The number of carbonyl (C=O) groups excluding carboxylic acids is 2. The topological polar surface area (TPSA) is 145 Å². The molecule has 6 heterocycles. The van der Waals surface area contributed by atoms with Crippen molar-refractivity contribution in [3.8, 4) is 39.9 Å². The van der Waals surface area contributed by atoms with E-state index in [1.807, 2.05) is 60.7 Å². The largest absolute Gasteiger partial charge is 1.00 e. The molecule has 10 rings (SSSR count). The maximum Gasteiger partial charge on any atom is 1.00 e. The fourth-order valence-corrected chi connectivity index (χ4v) is 6.92. The van der Waals surface area contributed by atoms with Gasteiger partial charge in [0, 0.05) is 88.8 Å². The number of aromatic amines is 2. The number of nitrogens with zero attached hydrogens (tertiary/aromatic N) is 2. The van der Waals surface area contributed by atoms with E-state index in [1.165, 1.54) is 6.07 Å². The molecule has 0 unspecified atom stereocenters. The van der Waals surface area contributed by atoms with Crippen molar-refractivity contribution in [1.82, 2.24) is 30.6 Å². The number of nitrogens with one attached hydrogen (secondary N) is 4. The van der Waals surface area contributed by atoms with Crippen LogP contribution < -0.4 is 44.9 Å². The van der Waals surface area contributed by atoms with Gasteiger partial charge >= 0.3 is 29.6 Å². The molecule has 2 amide bonds. The van der Waals surface area contributed by atoms with Gasteiger partial charge in [0.25, 0.3) is 11.8 Å². The molecule has 5 N–H and O–H groups in total. The second-order valence-electron chi connectivity index (χ2n) is 13.5. The molecule has 0 spiro atoms. The minimum absolute atomic E-state index is 0. The van der Waals surface area contributed by atoms with Crippen LogP contribution in [0.15, 0.2) is 109 Å². The molecule has 2 aliphatic heterocycles. The van der Waals surface area contributed by atoms with Gasteiger partial charge in [-0.05, 0) is 54.6 Å². The van der Waals surface area contributed by atoms with E-state index >= 15 is 0 Å². The van der Waals surface area contributed by atoms with Crippen molar-refractivity contribution in [3.05, 3.63) is 160 Å². The first-order valence-corrected chi connectivity index (χ1v) is 18.6. The van der Waals surface area contributed by atoms with Crippen molar-refractivity contribution in [1.29, 1.82) is 0 Å². The van der Waals surface area contributed by atoms with E-state index in [4.69, 9.17) is 21.4 Å². The zero-order valence-electron chi connectivity index (χ0n) is 32.7. The molecule has 0 fully saturated rings. The Balaban J connectivity index is 0.000000170. The predicted molar refractivity (Wildman–Crippen MR) is 216 cm³/mol. The van der Waals surface area contributed by atoms with Gasteiger partial charge in [-0.3, -0.25) is 9.59 Å². The number of aromatic nitrogens is 4. The van der Waals surface area contributed by atoms with Crippen molar-refractivity contribution in [2.45, 2.75) is 12.8 Å². The number of phenols is 1. The van der Waals surface area contributed by atoms with E-state index < -0.39 is 29.0 Å². The Hall–Kier alpha value is -6.19. The van der Waals surface area contributed by atoms with Gasteiger partial charge in [-0.1, -0.05) is 48.0 Å². The van der Waals surface area contributed by atoms with E-state index in [0.29, 0.717) is 35.4 Å². The van der Waals surface area contributed by atoms with Gasteiger partial charge in [0.2, 0.25) is 5.88 Å². The summed E-state index contributed by atoms with van der Waals surface area (Å²) in [5.41, 5.74) is 8.13. The Labute approximate surface area is 367 Å². The molecule has 0 radical (unpaired) electrons. The predicted octanol–water partition coefficient (Wildman–Crippen LogP) is 6.54. The summed E-state index contributed by atoms with van der Waals surface area (Å²) in [5, 5.41) is 16.5. The SMILES string of the molecule is O=C1NCCc2[nH]c(-c3cccc4ccc(Cl)nc34)cc21.O=C1NCCc2[nH]c(-c3cccc4ccc(Oc5ccc(F)cc5F)nc34)cc21.Oc1ccc(F)cc1F.[H-].[Na+]. The molecular weight excluding hydrogens is 811 g/mol. The van der Waals surface area contributed by atoms with Crippen LogP contribution in [0.5, 0.6) is 17.4 Å². The number of ether oxygens (including phenoxy) is 1. The normalized spacial score (nSPS) is 12.8. The summed E-state index contributed by atoms with van der Waals surface area (Å²) in [6.07, 6.45) is 1.55. The van der Waals surface area contributed by atoms with Gasteiger partial charge in [-0.25, -0.2) is 27.5 Å². The van der Waals surface area contributed by atoms with E-state index in [-0.39, 0.29) is 54.4 Å². The first kappa shape index (κ1) is 42.0. The number of carbonyl (C=O) groups is 2. The zero-order chi connectivity index (χ0) is 41.2. The molecule has 0 saturated heterocycles. The Morgan fingerprint density at radius 1 is 0.617 bits per heavy atom. The standard InChI is InChI=1S/C22H15F2N3O2.C16H12ClN3O.C6H4F2O.Na.H/c23-13-5-6-19(16(24)10-13)29-20-7-4-12-2-1-3-14(21(12)27-20)18-11-15-17(26-18)8-9-25-22(15)28;17-14-5-4-9-2-1-3-10(15(9)20-14)13-8-11-12(19-13)6-7-18-16(11)21;7-4-1-2-6(9)5(8)3-4;;/h1-7,10-11,26H,8-9H2,(H,25,28);1-5,8,19H,6-7H2,(H,18,21);1-3,9H;;/q;;;+1;-1. The molecule has 4 aromatic heterocycles. The van der Waals surface area contributed by atoms with Crippen molar-refractivity contribution in [2.24, 2.45) is 0 Å². The second kappa shape index (κ2) is 18.0. The smallest absolute Gasteiger partial charge is 1.00 e. The third-order valence-corrected chi connectivity index (χ3v) is 9.80. The number of amides is 2. The van der Waals surface area contributed by atoms with Crippen molar-refractivity contribution in [2.75, 3.05) is 13.1 Å². The van der Waals surface area contributed by atoms with Crippen LogP contribution in [-0.2, 0) is 12.8 Å². The van der Waals surface area contributed by atoms with Crippen LogP contribution in [0.3, 0.4) is 0 Å². The quantitative estimate of drug-likeness (QED) is 0.0774. The maximum absolute atomic E-state index is 13.9. The number of hydrogen-bond acceptors (Lipinski definition) is 6. The summed E-state index contributed by atoms with van der Waals surface area (Å²) >= 11 is 6.02. The minimum atomic E-state index is -0.935. The number of H-pyrrole nitrogens is 2. The summed E-state index contributed by atoms with van der Waals surface area (Å²) in [6, 6.07) is 28.2. The summed E-state index contributed by atoms with van der Waals surface area (Å²) in [7, 11) is 0. The number of phenolic OH excluding ortho intramolecular Hbond substituents is 1. The van der Waals surface area contributed by atoms with Gasteiger partial charge in [0.1, 0.15) is 16.8 Å². The molecule has 0 saturated carbocycles. The Morgan fingerprint density at radius 2 is 1.15 bits per heavy atom. The summed E-state index contributed by atoms with van der Waals surface area (Å²) in [5.74, 6) is -3.68. The Bertz CT molecular complexity index is 2930. The van der Waals surface area contributed by atoms with E-state index in [9.17, 15) is 27.2 Å². The summed E-state index contributed by atoms with van der Waals surface area (Å²) in [6.45, 7) is 1.27. The van der Waals surface area contributed by atoms with Crippen molar-refractivity contribution < 1.29 is 68.0 Å². The number of aromatic hydroxyl groups is 1. The molecule has 16 heteroatoms. The molecule has 0 atom stereocenters. The number of rotatable bonds is 4. The summed E-state index contributed by atoms with van der Waals surface area (Å²) < 4.78 is 56.7. The number of para-hydroxylation sites is 2. The van der Waals surface area contributed by atoms with Gasteiger partial charge < -0.3 is 31.9 Å². The third kappa shape index (κ3) is 9.01. The monoisotopic (exact) mass is 842 g/mol. The fourth-order valence-electron chi connectivity index (χ4n) is 6.77. The van der Waals surface area contributed by atoms with Gasteiger partial charge in [0.15, 0.2) is 23.1 Å². The van der Waals surface area contributed by atoms with E-state index in [0.717, 1.165) is 92.9 Å². The second-order valence-corrected chi connectivity index (χ2v) is 13.9. The van der Waals surface area contributed by atoms with Gasteiger partial charge in [0.05, 0.1) is 22.2 Å². The van der Waals surface area contributed by atoms with E-state index in [2.05, 4.69) is 30.6 Å². The van der Waals surface area contributed by atoms with Crippen LogP contribution in [0.25, 0.3) is 44.3 Å². The van der Waals surface area contributed by atoms with Crippen molar-refractivity contribution >= 4 is 45.2 Å². The van der Waals surface area contributed by atoms with Crippen LogP contribution in [0.4, 0.5) is 17.6 Å². The number of fused-ring (bicyclic) bond motifs is 4. The van der Waals surface area contributed by atoms with E-state index in [1.54, 1.807) is 12.1 Å². The number of pyridine rings is 2. The van der Waals surface area contributed by atoms with Gasteiger partial charge in [-0.15, -0.1) is 0 Å². The van der Waals surface area contributed by atoms with Crippen molar-refractivity contribution in [3.63, 3.8) is 0 Å². The molecule has 4 aromatic carbocycles. The first-order chi connectivity index (χ1) is 28.5. The molecule has 298 valence electrons. The molecule has 0 aliphatic carbocycles. The number of benzene rings is 4. The maximum atomic E-state index is 13.9. The van der Waals surface area contributed by atoms with Crippen LogP contribution in [0.1, 0.15) is 33.5 Å². The van der Waals surface area contributed by atoms with Gasteiger partial charge in [-0.2, -0.15) is 0 Å². The first-order valence-electron chi connectivity index (χ1n) is 18.2. The third-order valence-electron chi connectivity index (χ3n) is 9.59. The minimum Gasteiger partial charge on any atom is -1.00 e. The Morgan fingerprint density at radius 3 is 1.68 bits per heavy atom. The average Bonchev–Trinajstić information content (AvgIpc) is 3.87. The molecule has 0 bridgehead atoms. The van der Waals surface area contributed by atoms with Crippen LogP contribution in [0.2, 0.25) is 5.15 Å². The van der Waals surface area contributed by atoms with Crippen LogP contribution >= 0.6 is 11.6 Å². The number of hydrogen-bond donors (Lipinski definition) is 5. The average molecular weight is 843 g/mol. The zero-order valence-corrected chi connectivity index (χ0v) is 34.4.